The Morgan fingerprint density at radius 2 is 2.00 bits per heavy atom. The maximum absolute atomic E-state index is 14.4. The van der Waals surface area contributed by atoms with Gasteiger partial charge in [0.2, 0.25) is 0 Å². The van der Waals surface area contributed by atoms with E-state index in [2.05, 4.69) is 9.88 Å². The zero-order valence-electron chi connectivity index (χ0n) is 15.3. The fourth-order valence-corrected chi connectivity index (χ4v) is 4.23. The van der Waals surface area contributed by atoms with Crippen LogP contribution in [0.3, 0.4) is 0 Å². The summed E-state index contributed by atoms with van der Waals surface area (Å²) < 4.78 is 29.9. The summed E-state index contributed by atoms with van der Waals surface area (Å²) in [6.45, 7) is 2.47. The first kappa shape index (κ1) is 17.4. The monoisotopic (exact) mass is 385 g/mol. The predicted molar refractivity (Wildman–Crippen MR) is 101 cm³/mol. The van der Waals surface area contributed by atoms with E-state index in [9.17, 15) is 13.9 Å². The third-order valence-corrected chi connectivity index (χ3v) is 5.73. The highest BCUT2D eigenvalue weighted by atomic mass is 19.1. The van der Waals surface area contributed by atoms with Crippen molar-refractivity contribution in [1.29, 1.82) is 0 Å². The number of aliphatic hydroxyl groups is 1. The van der Waals surface area contributed by atoms with Crippen molar-refractivity contribution in [1.82, 2.24) is 14.6 Å². The van der Waals surface area contributed by atoms with Crippen LogP contribution in [0.15, 0.2) is 36.5 Å². The quantitative estimate of drug-likeness (QED) is 0.749. The van der Waals surface area contributed by atoms with Gasteiger partial charge in [-0.15, -0.1) is 5.10 Å². The van der Waals surface area contributed by atoms with E-state index in [1.807, 2.05) is 17.0 Å². The topological polar surface area (TPSA) is 56.9 Å². The van der Waals surface area contributed by atoms with Crippen LogP contribution in [0.1, 0.15) is 24.4 Å². The molecule has 2 aliphatic heterocycles. The van der Waals surface area contributed by atoms with Crippen molar-refractivity contribution >= 4 is 17.3 Å². The second kappa shape index (κ2) is 6.70. The number of aliphatic hydroxyl groups excluding tert-OH is 1. The van der Waals surface area contributed by atoms with E-state index in [-0.39, 0.29) is 18.6 Å². The second-order valence-corrected chi connectivity index (χ2v) is 7.55. The molecule has 0 radical (unpaired) electrons. The van der Waals surface area contributed by atoms with Gasteiger partial charge in [0.05, 0.1) is 12.2 Å². The number of imidazole rings is 1. The summed E-state index contributed by atoms with van der Waals surface area (Å²) in [4.78, 5) is 8.58. The van der Waals surface area contributed by atoms with Crippen molar-refractivity contribution < 1.29 is 13.9 Å². The van der Waals surface area contributed by atoms with Gasteiger partial charge < -0.3 is 14.9 Å². The molecule has 0 aliphatic carbocycles. The summed E-state index contributed by atoms with van der Waals surface area (Å²) >= 11 is 0. The van der Waals surface area contributed by atoms with Crippen LogP contribution in [0.4, 0.5) is 20.4 Å². The first-order valence-electron chi connectivity index (χ1n) is 9.56. The normalized spacial score (nSPS) is 20.2. The summed E-state index contributed by atoms with van der Waals surface area (Å²) in [5.41, 5.74) is 1.11. The van der Waals surface area contributed by atoms with Gasteiger partial charge in [0, 0.05) is 37.7 Å². The van der Waals surface area contributed by atoms with Crippen LogP contribution in [0.25, 0.3) is 5.65 Å². The molecule has 8 heteroatoms. The molecule has 0 spiro atoms. The van der Waals surface area contributed by atoms with Gasteiger partial charge in [0.1, 0.15) is 17.5 Å². The van der Waals surface area contributed by atoms with Crippen LogP contribution < -0.4 is 9.80 Å². The van der Waals surface area contributed by atoms with Crippen LogP contribution >= 0.6 is 0 Å². The van der Waals surface area contributed by atoms with Gasteiger partial charge in [-0.3, -0.25) is 0 Å². The fraction of sp³-hybridized carbons (Fsp3) is 0.400. The number of anilines is 2. The molecule has 28 heavy (non-hydrogen) atoms. The highest BCUT2D eigenvalue weighted by Gasteiger charge is 2.31. The molecule has 0 saturated carbocycles. The number of halogens is 2. The van der Waals surface area contributed by atoms with Crippen LogP contribution in [0.5, 0.6) is 0 Å². The molecule has 2 saturated heterocycles. The maximum atomic E-state index is 14.4. The van der Waals surface area contributed by atoms with E-state index in [1.54, 1.807) is 10.7 Å². The average Bonchev–Trinajstić information content (AvgIpc) is 3.30. The first-order valence-corrected chi connectivity index (χ1v) is 9.56. The lowest BCUT2D eigenvalue weighted by atomic mass is 10.0. The Morgan fingerprint density at radius 3 is 2.82 bits per heavy atom. The van der Waals surface area contributed by atoms with Crippen LogP contribution in [0, 0.1) is 17.6 Å². The molecule has 1 N–H and O–H groups in total. The van der Waals surface area contributed by atoms with Crippen LogP contribution in [0.2, 0.25) is 0 Å². The molecule has 3 aromatic rings. The number of fused-ring (bicyclic) bond motifs is 1. The number of nitrogens with zero attached hydrogens (tertiary/aromatic N) is 5. The van der Waals surface area contributed by atoms with Gasteiger partial charge in [-0.05, 0) is 43.2 Å². The van der Waals surface area contributed by atoms with Crippen molar-refractivity contribution in [2.75, 3.05) is 36.0 Å². The Kier molecular flexibility index (Phi) is 4.16. The van der Waals surface area contributed by atoms with Crippen molar-refractivity contribution in [3.8, 4) is 0 Å². The van der Waals surface area contributed by atoms with E-state index in [0.29, 0.717) is 5.56 Å². The van der Waals surface area contributed by atoms with E-state index in [0.717, 1.165) is 55.8 Å². The minimum atomic E-state index is -0.431. The standard InChI is InChI=1S/C20H21F2N5O/c21-14-3-4-16(22)15(8-14)17-2-1-7-26(17)19-6-5-18-23-9-20(27(18)24-19)25-10-13(11-25)12-28/h3-6,8-9,13,17,28H,1-2,7,10-12H2/t17-/m1/s1. The fourth-order valence-electron chi connectivity index (χ4n) is 4.23. The summed E-state index contributed by atoms with van der Waals surface area (Å²) in [6.07, 6.45) is 3.43. The molecular formula is C20H21F2N5O. The summed E-state index contributed by atoms with van der Waals surface area (Å²) in [5.74, 6) is 1.07. The number of hydrogen-bond donors (Lipinski definition) is 1. The molecule has 146 valence electrons. The highest BCUT2D eigenvalue weighted by molar-refractivity contribution is 5.55. The van der Waals surface area contributed by atoms with Gasteiger partial charge in [-0.25, -0.2) is 13.8 Å². The van der Waals surface area contributed by atoms with Crippen molar-refractivity contribution in [3.63, 3.8) is 0 Å². The summed E-state index contributed by atoms with van der Waals surface area (Å²) in [7, 11) is 0. The number of aromatic nitrogens is 3. The zero-order valence-corrected chi connectivity index (χ0v) is 15.3. The Hall–Kier alpha value is -2.74. The maximum Gasteiger partial charge on any atom is 0.156 e. The minimum Gasteiger partial charge on any atom is -0.396 e. The van der Waals surface area contributed by atoms with Gasteiger partial charge >= 0.3 is 0 Å². The molecule has 1 aromatic carbocycles. The molecule has 2 aliphatic rings. The average molecular weight is 385 g/mol. The lowest BCUT2D eigenvalue weighted by Crippen LogP contribution is -2.49. The van der Waals surface area contributed by atoms with E-state index >= 15 is 0 Å². The third kappa shape index (κ3) is 2.79. The van der Waals surface area contributed by atoms with Gasteiger partial charge in [-0.2, -0.15) is 4.52 Å². The molecular weight excluding hydrogens is 364 g/mol. The Bertz CT molecular complexity index is 1020. The Morgan fingerprint density at radius 1 is 1.14 bits per heavy atom. The van der Waals surface area contributed by atoms with E-state index < -0.39 is 11.6 Å². The van der Waals surface area contributed by atoms with Crippen molar-refractivity contribution in [3.05, 3.63) is 53.7 Å². The molecule has 0 unspecified atom stereocenters. The molecule has 4 heterocycles. The molecule has 2 aromatic heterocycles. The lowest BCUT2D eigenvalue weighted by Gasteiger charge is -2.39. The number of rotatable bonds is 4. The largest absolute Gasteiger partial charge is 0.396 e. The second-order valence-electron chi connectivity index (χ2n) is 7.55. The zero-order chi connectivity index (χ0) is 19.3. The summed E-state index contributed by atoms with van der Waals surface area (Å²) in [6, 6.07) is 7.16. The molecule has 1 atom stereocenters. The van der Waals surface area contributed by atoms with E-state index in [1.165, 1.54) is 12.1 Å². The van der Waals surface area contributed by atoms with Crippen molar-refractivity contribution in [2.45, 2.75) is 18.9 Å². The highest BCUT2D eigenvalue weighted by Crippen LogP contribution is 2.37. The number of hydrogen-bond acceptors (Lipinski definition) is 5. The lowest BCUT2D eigenvalue weighted by molar-refractivity contribution is 0.200. The SMILES string of the molecule is OCC1CN(c2cnc3ccc(N4CCC[C@@H]4c4cc(F)ccc4F)nn23)C1. The smallest absolute Gasteiger partial charge is 0.156 e. The molecule has 2 fully saturated rings. The van der Waals surface area contributed by atoms with E-state index in [4.69, 9.17) is 5.10 Å². The van der Waals surface area contributed by atoms with Gasteiger partial charge in [-0.1, -0.05) is 0 Å². The van der Waals surface area contributed by atoms with Gasteiger partial charge in [0.15, 0.2) is 11.5 Å². The van der Waals surface area contributed by atoms with Crippen LogP contribution in [-0.2, 0) is 0 Å². The first-order chi connectivity index (χ1) is 13.6. The van der Waals surface area contributed by atoms with Gasteiger partial charge in [0.25, 0.3) is 0 Å². The van der Waals surface area contributed by atoms with Crippen molar-refractivity contribution in [2.24, 2.45) is 5.92 Å². The minimum absolute atomic E-state index is 0.181. The molecule has 0 bridgehead atoms. The number of benzene rings is 1. The summed E-state index contributed by atoms with van der Waals surface area (Å²) in [5, 5.41) is 14.0. The molecule has 6 nitrogen and oxygen atoms in total. The predicted octanol–water partition coefficient (Wildman–Crippen LogP) is 2.78. The molecule has 0 amide bonds. The molecule has 5 rings (SSSR count). The third-order valence-electron chi connectivity index (χ3n) is 5.73. The Balaban J connectivity index is 1.49. The Labute approximate surface area is 161 Å². The van der Waals surface area contributed by atoms with Crippen LogP contribution in [-0.4, -0.2) is 45.9 Å².